The number of nitrogens with zero attached hydrogens (tertiary/aromatic N) is 6. The fourth-order valence-corrected chi connectivity index (χ4v) is 4.11. The lowest BCUT2D eigenvalue weighted by molar-refractivity contribution is 0.210. The maximum atomic E-state index is 5.56. The average molecular weight is 380 g/mol. The number of ether oxygens (including phenoxy) is 1. The molecule has 0 spiro atoms. The lowest BCUT2D eigenvalue weighted by atomic mass is 10.0. The van der Waals surface area contributed by atoms with Crippen LogP contribution >= 0.6 is 0 Å². The van der Waals surface area contributed by atoms with Gasteiger partial charge in [-0.1, -0.05) is 6.07 Å². The summed E-state index contributed by atoms with van der Waals surface area (Å²) < 4.78 is 9.89. The molecular weight excluding hydrogens is 352 g/mol. The van der Waals surface area contributed by atoms with Crippen molar-refractivity contribution in [3.05, 3.63) is 59.7 Å². The summed E-state index contributed by atoms with van der Waals surface area (Å²) in [5.74, 6) is 3.07. The van der Waals surface area contributed by atoms with Gasteiger partial charge in [-0.15, -0.1) is 10.2 Å². The van der Waals surface area contributed by atoms with Crippen LogP contribution in [0.25, 0.3) is 0 Å². The molecule has 0 fully saturated rings. The number of rotatable bonds is 6. The molecule has 7 nitrogen and oxygen atoms in total. The van der Waals surface area contributed by atoms with Gasteiger partial charge in [-0.25, -0.2) is 4.98 Å². The summed E-state index contributed by atoms with van der Waals surface area (Å²) in [5, 5.41) is 8.55. The van der Waals surface area contributed by atoms with E-state index in [1.54, 1.807) is 13.3 Å². The van der Waals surface area contributed by atoms with Crippen molar-refractivity contribution in [3.63, 3.8) is 0 Å². The quantitative estimate of drug-likeness (QED) is 0.658. The number of imidazole rings is 1. The molecule has 1 aliphatic rings. The van der Waals surface area contributed by atoms with Crippen LogP contribution in [0.4, 0.5) is 0 Å². The van der Waals surface area contributed by atoms with E-state index in [0.29, 0.717) is 6.04 Å². The van der Waals surface area contributed by atoms with Crippen LogP contribution in [0, 0.1) is 6.92 Å². The monoisotopic (exact) mass is 380 g/mol. The second kappa shape index (κ2) is 8.14. The predicted molar refractivity (Wildman–Crippen MR) is 107 cm³/mol. The van der Waals surface area contributed by atoms with Crippen LogP contribution in [-0.2, 0) is 26.1 Å². The molecule has 148 valence electrons. The highest BCUT2D eigenvalue weighted by Gasteiger charge is 2.22. The Balaban J connectivity index is 1.44. The lowest BCUT2D eigenvalue weighted by Gasteiger charge is -2.27. The standard InChI is InChI=1S/C21H28N6O/c1-16-23-24-21-7-5-19(8-10-27(16)21)25(2)13-17-4-6-20(28-3)18(12-17)14-26-11-9-22-15-26/h4,6,9,11-12,15,19H,5,7-8,10,13-14H2,1-3H3. The van der Waals surface area contributed by atoms with E-state index in [1.165, 1.54) is 11.1 Å². The largest absolute Gasteiger partial charge is 0.496 e. The van der Waals surface area contributed by atoms with Gasteiger partial charge >= 0.3 is 0 Å². The van der Waals surface area contributed by atoms with E-state index in [1.807, 2.05) is 19.4 Å². The number of aryl methyl sites for hydroxylation is 2. The highest BCUT2D eigenvalue weighted by molar-refractivity contribution is 5.37. The van der Waals surface area contributed by atoms with Crippen molar-refractivity contribution >= 4 is 0 Å². The van der Waals surface area contributed by atoms with E-state index < -0.39 is 0 Å². The third kappa shape index (κ3) is 3.94. The summed E-state index contributed by atoms with van der Waals surface area (Å²) in [6.07, 6.45) is 8.85. The lowest BCUT2D eigenvalue weighted by Crippen LogP contribution is -2.31. The Morgan fingerprint density at radius 1 is 1.25 bits per heavy atom. The third-order valence-electron chi connectivity index (χ3n) is 5.71. The minimum Gasteiger partial charge on any atom is -0.496 e. The first-order valence-electron chi connectivity index (χ1n) is 9.84. The van der Waals surface area contributed by atoms with Gasteiger partial charge in [-0.05, 0) is 44.5 Å². The van der Waals surface area contributed by atoms with Crippen LogP contribution in [0.5, 0.6) is 5.75 Å². The summed E-state index contributed by atoms with van der Waals surface area (Å²) in [6, 6.07) is 7.04. The number of aromatic nitrogens is 5. The van der Waals surface area contributed by atoms with Gasteiger partial charge in [0.25, 0.3) is 0 Å². The van der Waals surface area contributed by atoms with Crippen molar-refractivity contribution in [1.82, 2.24) is 29.2 Å². The first kappa shape index (κ1) is 18.7. The van der Waals surface area contributed by atoms with Crippen molar-refractivity contribution < 1.29 is 4.74 Å². The van der Waals surface area contributed by atoms with E-state index >= 15 is 0 Å². The van der Waals surface area contributed by atoms with Gasteiger partial charge in [0, 0.05) is 43.5 Å². The van der Waals surface area contributed by atoms with Gasteiger partial charge in [-0.3, -0.25) is 4.90 Å². The average Bonchev–Trinajstić information content (AvgIpc) is 3.26. The fraction of sp³-hybridized carbons (Fsp3) is 0.476. The molecular formula is C21H28N6O. The zero-order chi connectivity index (χ0) is 19.5. The third-order valence-corrected chi connectivity index (χ3v) is 5.71. The molecule has 1 aromatic carbocycles. The summed E-state index contributed by atoms with van der Waals surface area (Å²) in [7, 11) is 3.95. The Hall–Kier alpha value is -2.67. The van der Waals surface area contributed by atoms with Crippen molar-refractivity contribution in [3.8, 4) is 5.75 Å². The number of hydrogen-bond acceptors (Lipinski definition) is 5. The zero-order valence-corrected chi connectivity index (χ0v) is 16.9. The predicted octanol–water partition coefficient (Wildman–Crippen LogP) is 2.68. The summed E-state index contributed by atoms with van der Waals surface area (Å²) in [6.45, 7) is 4.72. The van der Waals surface area contributed by atoms with Crippen molar-refractivity contribution in [2.24, 2.45) is 0 Å². The fourth-order valence-electron chi connectivity index (χ4n) is 4.11. The van der Waals surface area contributed by atoms with Gasteiger partial charge in [0.2, 0.25) is 0 Å². The molecule has 4 rings (SSSR count). The van der Waals surface area contributed by atoms with Crippen LogP contribution in [0.2, 0.25) is 0 Å². The molecule has 0 saturated heterocycles. The number of benzene rings is 1. The smallest absolute Gasteiger partial charge is 0.133 e. The van der Waals surface area contributed by atoms with Gasteiger partial charge in [0.05, 0.1) is 20.0 Å². The van der Waals surface area contributed by atoms with E-state index in [2.05, 4.69) is 54.5 Å². The molecule has 3 aromatic rings. The molecule has 0 N–H and O–H groups in total. The number of fused-ring (bicyclic) bond motifs is 1. The normalized spacial score (nSPS) is 16.8. The van der Waals surface area contributed by atoms with E-state index in [9.17, 15) is 0 Å². The van der Waals surface area contributed by atoms with Crippen LogP contribution < -0.4 is 4.74 Å². The Bertz CT molecular complexity index is 917. The van der Waals surface area contributed by atoms with Gasteiger partial charge in [-0.2, -0.15) is 0 Å². The van der Waals surface area contributed by atoms with Crippen LogP contribution in [0.1, 0.15) is 35.6 Å². The molecule has 0 bridgehead atoms. The van der Waals surface area contributed by atoms with Crippen molar-refractivity contribution in [1.29, 1.82) is 0 Å². The topological polar surface area (TPSA) is 61.0 Å². The minimum absolute atomic E-state index is 0.542. The van der Waals surface area contributed by atoms with E-state index in [4.69, 9.17) is 4.74 Å². The minimum atomic E-state index is 0.542. The second-order valence-corrected chi connectivity index (χ2v) is 7.59. The van der Waals surface area contributed by atoms with E-state index in [0.717, 1.165) is 56.3 Å². The molecule has 0 aliphatic carbocycles. The Morgan fingerprint density at radius 2 is 2.14 bits per heavy atom. The van der Waals surface area contributed by atoms with Crippen LogP contribution in [0.3, 0.4) is 0 Å². The molecule has 1 aliphatic heterocycles. The zero-order valence-electron chi connectivity index (χ0n) is 16.9. The van der Waals surface area contributed by atoms with Gasteiger partial charge in [0.1, 0.15) is 17.4 Å². The first-order chi connectivity index (χ1) is 13.6. The Kier molecular flexibility index (Phi) is 5.43. The SMILES string of the molecule is COc1ccc(CN(C)C2CCc3nnc(C)n3CC2)cc1Cn1ccnc1. The summed E-state index contributed by atoms with van der Waals surface area (Å²) in [5.41, 5.74) is 2.48. The van der Waals surface area contributed by atoms with Crippen molar-refractivity contribution in [2.75, 3.05) is 14.2 Å². The van der Waals surface area contributed by atoms with Gasteiger partial charge in [0.15, 0.2) is 0 Å². The molecule has 0 amide bonds. The maximum absolute atomic E-state index is 5.56. The molecule has 0 radical (unpaired) electrons. The molecule has 28 heavy (non-hydrogen) atoms. The second-order valence-electron chi connectivity index (χ2n) is 7.59. The molecule has 0 saturated carbocycles. The summed E-state index contributed by atoms with van der Waals surface area (Å²) in [4.78, 5) is 6.61. The molecule has 7 heteroatoms. The highest BCUT2D eigenvalue weighted by atomic mass is 16.5. The summed E-state index contributed by atoms with van der Waals surface area (Å²) >= 11 is 0. The van der Waals surface area contributed by atoms with Crippen molar-refractivity contribution in [2.45, 2.75) is 51.9 Å². The number of hydrogen-bond donors (Lipinski definition) is 0. The van der Waals surface area contributed by atoms with Crippen LogP contribution in [0.15, 0.2) is 36.9 Å². The Morgan fingerprint density at radius 3 is 2.93 bits per heavy atom. The Labute approximate surface area is 166 Å². The highest BCUT2D eigenvalue weighted by Crippen LogP contribution is 2.24. The first-order valence-corrected chi connectivity index (χ1v) is 9.84. The van der Waals surface area contributed by atoms with Gasteiger partial charge < -0.3 is 13.9 Å². The van der Waals surface area contributed by atoms with Crippen LogP contribution in [-0.4, -0.2) is 49.4 Å². The molecule has 3 heterocycles. The maximum Gasteiger partial charge on any atom is 0.133 e. The molecule has 1 atom stereocenters. The molecule has 1 unspecified atom stereocenters. The molecule has 2 aromatic heterocycles. The number of methoxy groups -OCH3 is 1. The van der Waals surface area contributed by atoms with E-state index in [-0.39, 0.29) is 0 Å².